The Morgan fingerprint density at radius 3 is 3.04 bits per heavy atom. The minimum atomic E-state index is -0.118. The number of carbonyl (C=O) groups excluding carboxylic acids is 1. The number of aromatic nitrogens is 5. The number of thioether (sulfide) groups is 1. The third-order valence-electron chi connectivity index (χ3n) is 2.86. The smallest absolute Gasteiger partial charge is 0.237 e. The molecule has 0 radical (unpaired) electrons. The van der Waals surface area contributed by atoms with E-state index in [0.717, 1.165) is 5.69 Å². The Hall–Kier alpha value is -2.68. The van der Waals surface area contributed by atoms with Crippen LogP contribution in [0, 0.1) is 6.92 Å². The molecule has 0 spiro atoms. The number of hydrogen-bond acceptors (Lipinski definition) is 7. The van der Waals surface area contributed by atoms with Crippen molar-refractivity contribution in [2.24, 2.45) is 0 Å². The number of anilines is 1. The molecule has 0 saturated heterocycles. The lowest BCUT2D eigenvalue weighted by Crippen LogP contribution is -2.06. The molecule has 0 atom stereocenters. The molecule has 8 nitrogen and oxygen atoms in total. The Morgan fingerprint density at radius 1 is 1.43 bits per heavy atom. The maximum Gasteiger partial charge on any atom is 0.237 e. The van der Waals surface area contributed by atoms with Gasteiger partial charge in [0.2, 0.25) is 11.8 Å². The van der Waals surface area contributed by atoms with Crippen LogP contribution in [0.5, 0.6) is 0 Å². The first kappa shape index (κ1) is 15.2. The lowest BCUT2D eigenvalue weighted by molar-refractivity contribution is -0.114. The molecule has 3 aromatic rings. The zero-order chi connectivity index (χ0) is 16.2. The number of benzene rings is 1. The van der Waals surface area contributed by atoms with E-state index in [0.29, 0.717) is 28.3 Å². The maximum absolute atomic E-state index is 11.2. The average Bonchev–Trinajstić information content (AvgIpc) is 3.13. The van der Waals surface area contributed by atoms with E-state index in [4.69, 9.17) is 4.52 Å². The van der Waals surface area contributed by atoms with Crippen molar-refractivity contribution in [1.29, 1.82) is 0 Å². The van der Waals surface area contributed by atoms with Crippen LogP contribution in [0.3, 0.4) is 0 Å². The highest BCUT2D eigenvalue weighted by Crippen LogP contribution is 2.24. The molecular weight excluding hydrogens is 316 g/mol. The monoisotopic (exact) mass is 330 g/mol. The molecule has 118 valence electrons. The zero-order valence-corrected chi connectivity index (χ0v) is 13.4. The molecule has 0 aliphatic rings. The first-order valence-electron chi connectivity index (χ1n) is 6.82. The fourth-order valence-corrected chi connectivity index (χ4v) is 2.73. The summed E-state index contributed by atoms with van der Waals surface area (Å²) in [5.41, 5.74) is 1.57. The van der Waals surface area contributed by atoms with Crippen LogP contribution < -0.4 is 5.32 Å². The van der Waals surface area contributed by atoms with Crippen LogP contribution in [0.25, 0.3) is 5.69 Å². The van der Waals surface area contributed by atoms with E-state index in [1.807, 2.05) is 28.8 Å². The van der Waals surface area contributed by atoms with Crippen molar-refractivity contribution < 1.29 is 9.32 Å². The summed E-state index contributed by atoms with van der Waals surface area (Å²) < 4.78 is 6.92. The van der Waals surface area contributed by atoms with E-state index in [9.17, 15) is 4.79 Å². The first-order valence-corrected chi connectivity index (χ1v) is 7.80. The molecule has 0 unspecified atom stereocenters. The van der Waals surface area contributed by atoms with Crippen molar-refractivity contribution in [3.05, 3.63) is 42.3 Å². The van der Waals surface area contributed by atoms with E-state index in [-0.39, 0.29) is 5.91 Å². The van der Waals surface area contributed by atoms with Gasteiger partial charge >= 0.3 is 0 Å². The highest BCUT2D eigenvalue weighted by molar-refractivity contribution is 7.98. The Morgan fingerprint density at radius 2 is 2.30 bits per heavy atom. The van der Waals surface area contributed by atoms with Crippen LogP contribution in [-0.2, 0) is 10.5 Å². The number of nitrogens with zero attached hydrogens (tertiary/aromatic N) is 5. The van der Waals surface area contributed by atoms with Crippen LogP contribution in [0.4, 0.5) is 5.69 Å². The van der Waals surface area contributed by atoms with Gasteiger partial charge in [0.1, 0.15) is 6.33 Å². The molecule has 1 aromatic carbocycles. The van der Waals surface area contributed by atoms with Gasteiger partial charge < -0.3 is 9.84 Å². The quantitative estimate of drug-likeness (QED) is 0.716. The summed E-state index contributed by atoms with van der Waals surface area (Å²) in [6.45, 7) is 3.24. The third kappa shape index (κ3) is 3.75. The van der Waals surface area contributed by atoms with Crippen molar-refractivity contribution in [3.8, 4) is 5.69 Å². The summed E-state index contributed by atoms with van der Waals surface area (Å²) in [5.74, 6) is 1.52. The van der Waals surface area contributed by atoms with Crippen molar-refractivity contribution in [1.82, 2.24) is 24.9 Å². The summed E-state index contributed by atoms with van der Waals surface area (Å²) in [6, 6.07) is 7.45. The first-order chi connectivity index (χ1) is 11.1. The van der Waals surface area contributed by atoms with Gasteiger partial charge in [-0.05, 0) is 25.1 Å². The minimum absolute atomic E-state index is 0.118. The molecule has 0 fully saturated rings. The van der Waals surface area contributed by atoms with Gasteiger partial charge in [0, 0.05) is 12.6 Å². The molecule has 0 aliphatic carbocycles. The van der Waals surface area contributed by atoms with Gasteiger partial charge in [-0.15, -0.1) is 10.2 Å². The number of hydrogen-bond donors (Lipinski definition) is 1. The van der Waals surface area contributed by atoms with Gasteiger partial charge in [0.15, 0.2) is 11.0 Å². The molecule has 0 bridgehead atoms. The molecule has 23 heavy (non-hydrogen) atoms. The van der Waals surface area contributed by atoms with E-state index in [1.165, 1.54) is 18.7 Å². The summed E-state index contributed by atoms with van der Waals surface area (Å²) in [7, 11) is 0. The summed E-state index contributed by atoms with van der Waals surface area (Å²) in [5, 5.41) is 15.3. The van der Waals surface area contributed by atoms with Gasteiger partial charge in [-0.2, -0.15) is 4.98 Å². The van der Waals surface area contributed by atoms with Crippen LogP contribution >= 0.6 is 11.8 Å². The Labute approximate surface area is 136 Å². The van der Waals surface area contributed by atoms with Gasteiger partial charge in [-0.25, -0.2) is 0 Å². The van der Waals surface area contributed by atoms with Crippen LogP contribution in [0.2, 0.25) is 0 Å². The molecule has 2 aromatic heterocycles. The van der Waals surface area contributed by atoms with Crippen molar-refractivity contribution in [2.75, 3.05) is 5.32 Å². The van der Waals surface area contributed by atoms with E-state index in [2.05, 4.69) is 25.7 Å². The highest BCUT2D eigenvalue weighted by Gasteiger charge is 2.11. The molecule has 0 saturated carbocycles. The fraction of sp³-hybridized carbons (Fsp3) is 0.214. The second-order valence-electron chi connectivity index (χ2n) is 4.74. The number of aryl methyl sites for hydroxylation is 1. The lowest BCUT2D eigenvalue weighted by Gasteiger charge is -2.08. The van der Waals surface area contributed by atoms with E-state index >= 15 is 0 Å². The number of amides is 1. The third-order valence-corrected chi connectivity index (χ3v) is 3.78. The van der Waals surface area contributed by atoms with Gasteiger partial charge in [0.25, 0.3) is 0 Å². The lowest BCUT2D eigenvalue weighted by atomic mass is 10.2. The second-order valence-corrected chi connectivity index (χ2v) is 5.68. The molecule has 1 amide bonds. The van der Waals surface area contributed by atoms with Gasteiger partial charge in [-0.3, -0.25) is 9.36 Å². The number of carbonyl (C=O) groups is 1. The predicted octanol–water partition coefficient (Wildman–Crippen LogP) is 2.21. The van der Waals surface area contributed by atoms with Crippen LogP contribution in [0.1, 0.15) is 18.6 Å². The number of nitrogens with one attached hydrogen (secondary N) is 1. The largest absolute Gasteiger partial charge is 0.338 e. The summed E-state index contributed by atoms with van der Waals surface area (Å²) in [4.78, 5) is 15.3. The van der Waals surface area contributed by atoms with Gasteiger partial charge in [-0.1, -0.05) is 23.0 Å². The molecule has 3 rings (SSSR count). The molecule has 2 heterocycles. The average molecular weight is 330 g/mol. The van der Waals surface area contributed by atoms with Crippen LogP contribution in [0.15, 0.2) is 40.3 Å². The normalized spacial score (nSPS) is 10.7. The topological polar surface area (TPSA) is 98.7 Å². The Bertz CT molecular complexity index is 828. The Balaban J connectivity index is 1.78. The van der Waals surface area contributed by atoms with Crippen molar-refractivity contribution in [3.63, 3.8) is 0 Å². The second kappa shape index (κ2) is 6.61. The standard InChI is InChI=1S/C14H14N6O2S/c1-9-16-13(22-19-9)7-23-14-18-15-8-20(14)12-5-3-4-11(6-12)17-10(2)21/h3-6,8H,7H2,1-2H3,(H,17,21). The fourth-order valence-electron chi connectivity index (χ4n) is 1.96. The van der Waals surface area contributed by atoms with Crippen molar-refractivity contribution >= 4 is 23.4 Å². The van der Waals surface area contributed by atoms with Gasteiger partial charge in [0.05, 0.1) is 11.4 Å². The molecule has 1 N–H and O–H groups in total. The van der Waals surface area contributed by atoms with Crippen molar-refractivity contribution in [2.45, 2.75) is 24.8 Å². The molecule has 0 aliphatic heterocycles. The molecular formula is C14H14N6O2S. The number of rotatable bonds is 5. The SMILES string of the molecule is CC(=O)Nc1cccc(-n2cnnc2SCc2nc(C)no2)c1. The predicted molar refractivity (Wildman–Crippen MR) is 84.3 cm³/mol. The van der Waals surface area contributed by atoms with E-state index in [1.54, 1.807) is 13.3 Å². The summed E-state index contributed by atoms with van der Waals surface area (Å²) in [6.07, 6.45) is 1.62. The summed E-state index contributed by atoms with van der Waals surface area (Å²) >= 11 is 1.44. The zero-order valence-electron chi connectivity index (χ0n) is 12.6. The molecule has 9 heteroatoms. The van der Waals surface area contributed by atoms with E-state index < -0.39 is 0 Å². The highest BCUT2D eigenvalue weighted by atomic mass is 32.2. The Kier molecular flexibility index (Phi) is 4.38. The maximum atomic E-state index is 11.2. The minimum Gasteiger partial charge on any atom is -0.338 e. The van der Waals surface area contributed by atoms with Crippen LogP contribution in [-0.4, -0.2) is 30.8 Å².